The third-order valence-corrected chi connectivity index (χ3v) is 4.10. The quantitative estimate of drug-likeness (QED) is 0.491. The zero-order chi connectivity index (χ0) is 15.2. The molecule has 2 unspecified atom stereocenters. The minimum Gasteiger partial charge on any atom is -0.371 e. The highest BCUT2D eigenvalue weighted by Gasteiger charge is 2.13. The van der Waals surface area contributed by atoms with Gasteiger partial charge in [-0.3, -0.25) is 4.79 Å². The highest BCUT2D eigenvalue weighted by Crippen LogP contribution is 2.17. The van der Waals surface area contributed by atoms with Gasteiger partial charge in [0, 0.05) is 6.54 Å². The Kier molecular flexibility index (Phi) is 13.0. The molecule has 0 saturated carbocycles. The zero-order valence-electron chi connectivity index (χ0n) is 14.0. The summed E-state index contributed by atoms with van der Waals surface area (Å²) < 4.78 is 0. The molecule has 20 heavy (non-hydrogen) atoms. The largest absolute Gasteiger partial charge is 0.371 e. The lowest BCUT2D eigenvalue weighted by Crippen LogP contribution is -2.27. The van der Waals surface area contributed by atoms with Crippen molar-refractivity contribution in [3.05, 3.63) is 0 Å². The fraction of sp³-hybridized carbons (Fsp3) is 0.941. The first-order valence-electron chi connectivity index (χ1n) is 8.60. The van der Waals surface area contributed by atoms with Gasteiger partial charge in [-0.25, -0.2) is 0 Å². The molecule has 1 N–H and O–H groups in total. The summed E-state index contributed by atoms with van der Waals surface area (Å²) in [5.74, 6) is 0.995. The predicted octanol–water partition coefficient (Wildman–Crippen LogP) is 4.86. The van der Waals surface area contributed by atoms with Crippen molar-refractivity contribution in [3.63, 3.8) is 0 Å². The fourth-order valence-corrected chi connectivity index (χ4v) is 2.40. The second kappa shape index (κ2) is 13.4. The molecule has 2 atom stereocenters. The Labute approximate surface area is 125 Å². The average Bonchev–Trinajstić information content (AvgIpc) is 2.46. The first kappa shape index (κ1) is 19.4. The molecule has 0 radical (unpaired) electrons. The van der Waals surface area contributed by atoms with Crippen LogP contribution in [0.3, 0.4) is 0 Å². The van der Waals surface area contributed by atoms with Crippen LogP contribution in [-0.4, -0.2) is 12.5 Å². The lowest BCUT2D eigenvalue weighted by Gasteiger charge is -2.16. The predicted molar refractivity (Wildman–Crippen MR) is 85.3 cm³/mol. The fourth-order valence-electron chi connectivity index (χ4n) is 2.40. The Morgan fingerprint density at radius 1 is 0.950 bits per heavy atom. The van der Waals surface area contributed by atoms with Crippen LogP contribution >= 0.6 is 0 Å². The van der Waals surface area contributed by atoms with E-state index >= 15 is 0 Å². The molecule has 0 aliphatic rings. The topological polar surface area (TPSA) is 38.3 Å². The lowest BCUT2D eigenvalue weighted by molar-refractivity contribution is -0.152. The Bertz CT molecular complexity index is 231. The average molecular weight is 285 g/mol. The normalized spacial score (nSPS) is 14.0. The van der Waals surface area contributed by atoms with Crippen LogP contribution in [0.5, 0.6) is 0 Å². The van der Waals surface area contributed by atoms with Crippen molar-refractivity contribution in [2.75, 3.05) is 6.54 Å². The summed E-state index contributed by atoms with van der Waals surface area (Å²) in [6.07, 6.45) is 9.97. The van der Waals surface area contributed by atoms with Gasteiger partial charge in [0.05, 0.1) is 6.42 Å². The number of nitrogens with one attached hydrogen (secondary N) is 1. The Hall–Kier alpha value is -0.570. The van der Waals surface area contributed by atoms with Crippen LogP contribution in [0.4, 0.5) is 0 Å². The van der Waals surface area contributed by atoms with Gasteiger partial charge in [-0.05, 0) is 24.7 Å². The molecule has 0 amide bonds. The van der Waals surface area contributed by atoms with E-state index in [2.05, 4.69) is 33.2 Å². The van der Waals surface area contributed by atoms with Crippen LogP contribution in [0.2, 0.25) is 0 Å². The number of carbonyl (C=O) groups excluding carboxylic acids is 1. The summed E-state index contributed by atoms with van der Waals surface area (Å²) in [5, 5.41) is 0. The van der Waals surface area contributed by atoms with Crippen molar-refractivity contribution in [2.45, 2.75) is 85.5 Å². The number of rotatable bonds is 13. The summed E-state index contributed by atoms with van der Waals surface area (Å²) in [6, 6.07) is 0. The van der Waals surface area contributed by atoms with Gasteiger partial charge in [0.15, 0.2) is 0 Å². The monoisotopic (exact) mass is 285 g/mol. The third kappa shape index (κ3) is 10.2. The lowest BCUT2D eigenvalue weighted by atomic mass is 9.96. The van der Waals surface area contributed by atoms with E-state index in [1.807, 2.05) is 0 Å². The van der Waals surface area contributed by atoms with E-state index in [1.165, 1.54) is 32.1 Å². The molecule has 0 heterocycles. The third-order valence-electron chi connectivity index (χ3n) is 4.10. The Morgan fingerprint density at radius 2 is 1.50 bits per heavy atom. The summed E-state index contributed by atoms with van der Waals surface area (Å²) >= 11 is 0. The minimum atomic E-state index is -0.0988. The maximum atomic E-state index is 11.8. The van der Waals surface area contributed by atoms with Crippen molar-refractivity contribution in [2.24, 2.45) is 11.8 Å². The van der Waals surface area contributed by atoms with E-state index in [-0.39, 0.29) is 5.97 Å². The van der Waals surface area contributed by atoms with Crippen molar-refractivity contribution in [1.29, 1.82) is 0 Å². The van der Waals surface area contributed by atoms with Crippen LogP contribution in [0, 0.1) is 11.8 Å². The van der Waals surface area contributed by atoms with Gasteiger partial charge < -0.3 is 4.84 Å². The van der Waals surface area contributed by atoms with Gasteiger partial charge in [-0.1, -0.05) is 66.2 Å². The highest BCUT2D eigenvalue weighted by molar-refractivity contribution is 5.69. The van der Waals surface area contributed by atoms with E-state index in [0.717, 1.165) is 25.8 Å². The van der Waals surface area contributed by atoms with E-state index in [4.69, 9.17) is 4.84 Å². The van der Waals surface area contributed by atoms with Gasteiger partial charge in [0.1, 0.15) is 0 Å². The molecule has 0 aromatic heterocycles. The molecule has 0 saturated heterocycles. The highest BCUT2D eigenvalue weighted by atomic mass is 16.7. The number of hydrogen-bond donors (Lipinski definition) is 1. The van der Waals surface area contributed by atoms with Crippen LogP contribution in [0.25, 0.3) is 0 Å². The molecule has 0 bridgehead atoms. The second-order valence-electron chi connectivity index (χ2n) is 5.86. The summed E-state index contributed by atoms with van der Waals surface area (Å²) in [4.78, 5) is 17.0. The van der Waals surface area contributed by atoms with Crippen LogP contribution < -0.4 is 5.48 Å². The van der Waals surface area contributed by atoms with Gasteiger partial charge in [0.2, 0.25) is 0 Å². The molecular weight excluding hydrogens is 250 g/mol. The number of carbonyl (C=O) groups is 1. The summed E-state index contributed by atoms with van der Waals surface area (Å²) in [7, 11) is 0. The molecule has 3 nitrogen and oxygen atoms in total. The van der Waals surface area contributed by atoms with Crippen molar-refractivity contribution >= 4 is 5.97 Å². The SMILES string of the molecule is CCCCC(CC)CNOC(=O)CC(CC)CCCC. The molecule has 120 valence electrons. The molecule has 0 aromatic carbocycles. The van der Waals surface area contributed by atoms with Crippen LogP contribution in [0.1, 0.15) is 85.5 Å². The molecule has 0 rings (SSSR count). The van der Waals surface area contributed by atoms with E-state index in [0.29, 0.717) is 18.3 Å². The molecule has 0 aliphatic heterocycles. The van der Waals surface area contributed by atoms with E-state index in [1.54, 1.807) is 0 Å². The van der Waals surface area contributed by atoms with Gasteiger partial charge >= 0.3 is 5.97 Å². The van der Waals surface area contributed by atoms with Crippen LogP contribution in [0.15, 0.2) is 0 Å². The summed E-state index contributed by atoms with van der Waals surface area (Å²) in [6.45, 7) is 9.53. The smallest absolute Gasteiger partial charge is 0.325 e. The first-order valence-corrected chi connectivity index (χ1v) is 8.60. The second-order valence-corrected chi connectivity index (χ2v) is 5.86. The number of hydrogen-bond acceptors (Lipinski definition) is 3. The maximum absolute atomic E-state index is 11.8. The van der Waals surface area contributed by atoms with Crippen molar-refractivity contribution in [1.82, 2.24) is 5.48 Å². The van der Waals surface area contributed by atoms with Crippen LogP contribution in [-0.2, 0) is 9.63 Å². The Balaban J connectivity index is 3.79. The number of unbranched alkanes of at least 4 members (excludes halogenated alkanes) is 2. The molecule has 3 heteroatoms. The van der Waals surface area contributed by atoms with Gasteiger partial charge in [0.25, 0.3) is 0 Å². The first-order chi connectivity index (χ1) is 9.67. The van der Waals surface area contributed by atoms with E-state index < -0.39 is 0 Å². The molecule has 0 aliphatic carbocycles. The zero-order valence-corrected chi connectivity index (χ0v) is 14.0. The molecule has 0 spiro atoms. The van der Waals surface area contributed by atoms with Crippen molar-refractivity contribution < 1.29 is 9.63 Å². The Morgan fingerprint density at radius 3 is 2.00 bits per heavy atom. The standard InChI is InChI=1S/C17H35NO2/c1-5-9-11-15(7-3)13-17(19)20-18-14-16(8-4)12-10-6-2/h15-16,18H,5-14H2,1-4H3. The van der Waals surface area contributed by atoms with Gasteiger partial charge in [-0.15, -0.1) is 0 Å². The van der Waals surface area contributed by atoms with Crippen molar-refractivity contribution in [3.8, 4) is 0 Å². The van der Waals surface area contributed by atoms with E-state index in [9.17, 15) is 4.79 Å². The number of hydroxylamine groups is 1. The van der Waals surface area contributed by atoms with Gasteiger partial charge in [-0.2, -0.15) is 5.48 Å². The molecule has 0 aromatic rings. The molecule has 0 fully saturated rings. The minimum absolute atomic E-state index is 0.0988. The summed E-state index contributed by atoms with van der Waals surface area (Å²) in [5.41, 5.74) is 2.88. The maximum Gasteiger partial charge on any atom is 0.325 e. The molecular formula is C17H35NO2.